The number of benzene rings is 1. The highest BCUT2D eigenvalue weighted by molar-refractivity contribution is 9.10. The quantitative estimate of drug-likeness (QED) is 0.686. The second-order valence-corrected chi connectivity index (χ2v) is 7.75. The Kier molecular flexibility index (Phi) is 5.97. The fourth-order valence-electron chi connectivity index (χ4n) is 3.42. The molecule has 152 valence electrons. The minimum atomic E-state index is -4.57. The summed E-state index contributed by atoms with van der Waals surface area (Å²) in [6.07, 6.45) is -3.72. The molecule has 0 N–H and O–H groups in total. The van der Waals surface area contributed by atoms with E-state index in [1.165, 1.54) is 31.3 Å². The maximum absolute atomic E-state index is 13.7. The fraction of sp³-hybridized carbons (Fsp3) is 0.500. The number of rotatable bonds is 4. The highest BCUT2D eigenvalue weighted by atomic mass is 79.9. The minimum absolute atomic E-state index is 0.0327. The molecule has 0 bridgehead atoms. The van der Waals surface area contributed by atoms with Crippen molar-refractivity contribution >= 4 is 27.9 Å². The van der Waals surface area contributed by atoms with Gasteiger partial charge in [0.05, 0.1) is 0 Å². The van der Waals surface area contributed by atoms with Crippen molar-refractivity contribution in [2.45, 2.75) is 32.0 Å². The van der Waals surface area contributed by atoms with E-state index in [0.29, 0.717) is 42.2 Å². The van der Waals surface area contributed by atoms with Gasteiger partial charge in [-0.15, -0.1) is 0 Å². The Bertz CT molecular complexity index is 817. The summed E-state index contributed by atoms with van der Waals surface area (Å²) in [6, 6.07) is 4.23. The van der Waals surface area contributed by atoms with E-state index in [9.17, 15) is 18.0 Å². The summed E-state index contributed by atoms with van der Waals surface area (Å²) < 4.78 is 47.0. The topological polar surface area (TPSA) is 62.5 Å². The first-order valence-electron chi connectivity index (χ1n) is 8.81. The van der Waals surface area contributed by atoms with Gasteiger partial charge in [-0.2, -0.15) is 18.2 Å². The Morgan fingerprint density at radius 3 is 2.39 bits per heavy atom. The highest BCUT2D eigenvalue weighted by Crippen LogP contribution is 2.38. The van der Waals surface area contributed by atoms with Gasteiger partial charge in [0.2, 0.25) is 5.91 Å². The molecule has 1 aliphatic rings. The fourth-order valence-corrected chi connectivity index (χ4v) is 3.69. The van der Waals surface area contributed by atoms with Crippen LogP contribution in [0.15, 0.2) is 33.3 Å². The van der Waals surface area contributed by atoms with Crippen LogP contribution in [0.2, 0.25) is 0 Å². The van der Waals surface area contributed by atoms with Crippen molar-refractivity contribution in [3.63, 3.8) is 0 Å². The Labute approximate surface area is 168 Å². The lowest BCUT2D eigenvalue weighted by Crippen LogP contribution is -2.45. The van der Waals surface area contributed by atoms with Crippen LogP contribution in [0, 0.1) is 12.8 Å². The van der Waals surface area contributed by atoms with Gasteiger partial charge in [-0.1, -0.05) is 33.2 Å². The van der Waals surface area contributed by atoms with Gasteiger partial charge in [-0.25, -0.2) is 0 Å². The van der Waals surface area contributed by atoms with Gasteiger partial charge >= 0.3 is 12.2 Å². The van der Waals surface area contributed by atoms with Crippen LogP contribution in [0.5, 0.6) is 0 Å². The largest absolute Gasteiger partial charge is 0.413 e. The molecule has 28 heavy (non-hydrogen) atoms. The zero-order valence-corrected chi connectivity index (χ0v) is 17.0. The molecule has 1 aromatic carbocycles. The monoisotopic (exact) mass is 460 g/mol. The summed E-state index contributed by atoms with van der Waals surface area (Å²) in [6.45, 7) is 2.65. The van der Waals surface area contributed by atoms with Crippen molar-refractivity contribution in [2.24, 2.45) is 5.92 Å². The molecule has 0 saturated carbocycles. The number of anilines is 1. The van der Waals surface area contributed by atoms with Gasteiger partial charge in [-0.05, 0) is 37.5 Å². The smallest absolute Gasteiger partial charge is 0.330 e. The number of carbonyl (C=O) groups is 1. The van der Waals surface area contributed by atoms with Crippen molar-refractivity contribution in [2.75, 3.05) is 25.0 Å². The SMILES string of the molecule is Cc1noc(N2CCC(C(=O)N(C)[C@@H](c3ccc(Br)cc3)C(F)(F)F)CC2)n1. The van der Waals surface area contributed by atoms with E-state index in [-0.39, 0.29) is 5.56 Å². The lowest BCUT2D eigenvalue weighted by molar-refractivity contribution is -0.190. The van der Waals surface area contributed by atoms with Crippen LogP contribution < -0.4 is 4.90 Å². The molecule has 0 radical (unpaired) electrons. The number of nitrogens with zero attached hydrogens (tertiary/aromatic N) is 4. The molecule has 1 fully saturated rings. The maximum atomic E-state index is 13.7. The average molecular weight is 461 g/mol. The first-order valence-corrected chi connectivity index (χ1v) is 9.60. The molecule has 1 aromatic heterocycles. The molecule has 1 atom stereocenters. The number of hydrogen-bond acceptors (Lipinski definition) is 5. The van der Waals surface area contributed by atoms with E-state index in [2.05, 4.69) is 26.1 Å². The van der Waals surface area contributed by atoms with Gasteiger partial charge in [0.1, 0.15) is 0 Å². The van der Waals surface area contributed by atoms with Crippen LogP contribution in [0.4, 0.5) is 19.2 Å². The Morgan fingerprint density at radius 1 is 1.29 bits per heavy atom. The van der Waals surface area contributed by atoms with E-state index in [0.717, 1.165) is 4.90 Å². The van der Waals surface area contributed by atoms with Gasteiger partial charge in [0, 0.05) is 30.5 Å². The Balaban J connectivity index is 1.70. The molecule has 3 rings (SSSR count). The van der Waals surface area contributed by atoms with E-state index < -0.39 is 24.0 Å². The predicted molar refractivity (Wildman–Crippen MR) is 99.7 cm³/mol. The lowest BCUT2D eigenvalue weighted by atomic mass is 9.94. The second kappa shape index (κ2) is 8.10. The molecule has 10 heteroatoms. The first-order chi connectivity index (χ1) is 13.2. The molecular formula is C18H20BrF3N4O2. The van der Waals surface area contributed by atoms with Crippen molar-refractivity contribution in [1.82, 2.24) is 15.0 Å². The molecule has 1 saturated heterocycles. The Hall–Kier alpha value is -2.10. The summed E-state index contributed by atoms with van der Waals surface area (Å²) in [4.78, 5) is 19.6. The average Bonchev–Trinajstić information content (AvgIpc) is 3.08. The predicted octanol–water partition coefficient (Wildman–Crippen LogP) is 4.12. The standard InChI is InChI=1S/C18H20BrF3N4O2/c1-11-23-17(28-24-11)26-9-7-13(8-10-26)16(27)25(2)15(18(20,21)22)12-3-5-14(19)6-4-12/h3-6,13,15H,7-10H2,1-2H3/t15-/m0/s1. The van der Waals surface area contributed by atoms with Gasteiger partial charge in [-0.3, -0.25) is 4.79 Å². The third-order valence-corrected chi connectivity index (χ3v) is 5.39. The van der Waals surface area contributed by atoms with Crippen molar-refractivity contribution in [3.8, 4) is 0 Å². The van der Waals surface area contributed by atoms with Crippen LogP contribution in [-0.4, -0.2) is 47.3 Å². The minimum Gasteiger partial charge on any atom is -0.330 e. The van der Waals surface area contributed by atoms with Gasteiger partial charge < -0.3 is 14.3 Å². The number of amides is 1. The maximum Gasteiger partial charge on any atom is 0.413 e. The number of halogens is 4. The molecule has 0 spiro atoms. The molecule has 2 heterocycles. The van der Waals surface area contributed by atoms with Crippen LogP contribution >= 0.6 is 15.9 Å². The first kappa shape index (κ1) is 20.6. The lowest BCUT2D eigenvalue weighted by Gasteiger charge is -2.36. The molecule has 6 nitrogen and oxygen atoms in total. The molecule has 0 aliphatic carbocycles. The number of alkyl halides is 3. The molecular weight excluding hydrogens is 441 g/mol. The van der Waals surface area contributed by atoms with Crippen molar-refractivity contribution in [3.05, 3.63) is 40.1 Å². The normalized spacial score (nSPS) is 16.9. The Morgan fingerprint density at radius 2 is 1.89 bits per heavy atom. The number of aryl methyl sites for hydroxylation is 1. The summed E-state index contributed by atoms with van der Waals surface area (Å²) in [5.41, 5.74) is 0.0327. The molecule has 1 amide bonds. The number of hydrogen-bond donors (Lipinski definition) is 0. The van der Waals surface area contributed by atoms with Gasteiger partial charge in [0.25, 0.3) is 0 Å². The van der Waals surface area contributed by atoms with Crippen LogP contribution in [-0.2, 0) is 4.79 Å². The van der Waals surface area contributed by atoms with Crippen molar-refractivity contribution < 1.29 is 22.5 Å². The van der Waals surface area contributed by atoms with Crippen LogP contribution in [0.1, 0.15) is 30.3 Å². The zero-order valence-electron chi connectivity index (χ0n) is 15.4. The van der Waals surface area contributed by atoms with E-state index in [4.69, 9.17) is 4.52 Å². The highest BCUT2D eigenvalue weighted by Gasteiger charge is 2.46. The summed E-state index contributed by atoms with van der Waals surface area (Å²) in [7, 11) is 1.22. The molecule has 2 aromatic rings. The van der Waals surface area contributed by atoms with Crippen molar-refractivity contribution in [1.29, 1.82) is 0 Å². The van der Waals surface area contributed by atoms with Gasteiger partial charge in [0.15, 0.2) is 11.9 Å². The molecule has 1 aliphatic heterocycles. The van der Waals surface area contributed by atoms with E-state index >= 15 is 0 Å². The third-order valence-electron chi connectivity index (χ3n) is 4.86. The number of aromatic nitrogens is 2. The third kappa shape index (κ3) is 4.48. The number of carbonyl (C=O) groups excluding carboxylic acids is 1. The number of piperidine rings is 1. The summed E-state index contributed by atoms with van der Waals surface area (Å²) >= 11 is 3.22. The van der Waals surface area contributed by atoms with E-state index in [1.807, 2.05) is 4.90 Å². The van der Waals surface area contributed by atoms with Crippen LogP contribution in [0.3, 0.4) is 0 Å². The van der Waals surface area contributed by atoms with E-state index in [1.54, 1.807) is 6.92 Å². The second-order valence-electron chi connectivity index (χ2n) is 6.83. The summed E-state index contributed by atoms with van der Waals surface area (Å²) in [5.74, 6) is -0.479. The zero-order chi connectivity index (χ0) is 20.5. The summed E-state index contributed by atoms with van der Waals surface area (Å²) in [5, 5.41) is 3.73. The van der Waals surface area contributed by atoms with Crippen LogP contribution in [0.25, 0.3) is 0 Å². The molecule has 0 unspecified atom stereocenters.